The molecule has 0 spiro atoms. The van der Waals surface area contributed by atoms with Gasteiger partial charge in [0.2, 0.25) is 0 Å². The summed E-state index contributed by atoms with van der Waals surface area (Å²) in [6.07, 6.45) is 0.492. The lowest BCUT2D eigenvalue weighted by Gasteiger charge is -2.14. The van der Waals surface area contributed by atoms with Crippen LogP contribution in [-0.2, 0) is 10.0 Å². The zero-order chi connectivity index (χ0) is 15.6. The van der Waals surface area contributed by atoms with Crippen LogP contribution in [0.15, 0.2) is 47.5 Å². The van der Waals surface area contributed by atoms with Crippen molar-refractivity contribution in [1.29, 1.82) is 0 Å². The Hall–Kier alpha value is -1.92. The first-order chi connectivity index (χ1) is 9.89. The molecule has 0 radical (unpaired) electrons. The minimum Gasteiger partial charge on any atom is -0.387 e. The normalized spacial score (nSPS) is 13.1. The second-order valence-corrected chi connectivity index (χ2v) is 6.50. The molecule has 0 bridgehead atoms. The minimum absolute atomic E-state index is 0.103. The molecular weight excluding hydrogens is 290 g/mol. The summed E-state index contributed by atoms with van der Waals surface area (Å²) in [5.74, 6) is -0.201. The van der Waals surface area contributed by atoms with E-state index in [0.29, 0.717) is 0 Å². The maximum absolute atomic E-state index is 12.6. The number of hydrogen-bond donors (Lipinski definition) is 1. The average Bonchev–Trinajstić information content (AvgIpc) is 2.93. The summed E-state index contributed by atoms with van der Waals surface area (Å²) in [7, 11) is -3.83. The van der Waals surface area contributed by atoms with Gasteiger partial charge in [0, 0.05) is 18.2 Å². The fourth-order valence-electron chi connectivity index (χ4n) is 2.18. The van der Waals surface area contributed by atoms with E-state index >= 15 is 0 Å². The van der Waals surface area contributed by atoms with Crippen LogP contribution in [0.3, 0.4) is 0 Å². The number of carbonyl (C=O) groups is 1. The van der Waals surface area contributed by atoms with E-state index in [-0.39, 0.29) is 28.4 Å². The van der Waals surface area contributed by atoms with Gasteiger partial charge in [-0.2, -0.15) is 0 Å². The lowest BCUT2D eigenvalue weighted by atomic mass is 10.1. The first-order valence-corrected chi connectivity index (χ1v) is 8.06. The molecule has 2 rings (SSSR count). The Balaban J connectivity index is 2.65. The van der Waals surface area contributed by atoms with Crippen LogP contribution < -0.4 is 0 Å². The van der Waals surface area contributed by atoms with Gasteiger partial charge >= 0.3 is 0 Å². The summed E-state index contributed by atoms with van der Waals surface area (Å²) in [5.41, 5.74) is 0.345. The molecule has 1 unspecified atom stereocenters. The molecule has 0 aliphatic heterocycles. The van der Waals surface area contributed by atoms with Crippen molar-refractivity contribution < 1.29 is 18.3 Å². The molecule has 112 valence electrons. The number of aromatic nitrogens is 1. The lowest BCUT2D eigenvalue weighted by molar-refractivity contribution is 0.0981. The standard InChI is InChI=1S/C15H17NO4S/c1-3-14(18)13-9-10-16(15(13)11(2)17)21(19,20)12-7-5-4-6-8-12/h4-11,17H,3H2,1-2H3. The quantitative estimate of drug-likeness (QED) is 0.860. The first kappa shape index (κ1) is 15.5. The van der Waals surface area contributed by atoms with Gasteiger partial charge in [0.05, 0.1) is 16.7 Å². The van der Waals surface area contributed by atoms with Crippen molar-refractivity contribution in [2.45, 2.75) is 31.3 Å². The van der Waals surface area contributed by atoms with Gasteiger partial charge in [0.1, 0.15) is 0 Å². The van der Waals surface area contributed by atoms with Gasteiger partial charge in [-0.15, -0.1) is 0 Å². The third-order valence-corrected chi connectivity index (χ3v) is 4.91. The number of benzene rings is 1. The predicted molar refractivity (Wildman–Crippen MR) is 78.7 cm³/mol. The van der Waals surface area contributed by atoms with E-state index < -0.39 is 16.1 Å². The van der Waals surface area contributed by atoms with Crippen LogP contribution >= 0.6 is 0 Å². The van der Waals surface area contributed by atoms with Gasteiger partial charge < -0.3 is 5.11 Å². The minimum atomic E-state index is -3.83. The highest BCUT2D eigenvalue weighted by atomic mass is 32.2. The third-order valence-electron chi connectivity index (χ3n) is 3.21. The summed E-state index contributed by atoms with van der Waals surface area (Å²) < 4.78 is 26.2. The molecular formula is C15H17NO4S. The number of aliphatic hydroxyl groups is 1. The van der Waals surface area contributed by atoms with Crippen molar-refractivity contribution in [3.8, 4) is 0 Å². The fraction of sp³-hybridized carbons (Fsp3) is 0.267. The summed E-state index contributed by atoms with van der Waals surface area (Å²) >= 11 is 0. The molecule has 2 aromatic rings. The smallest absolute Gasteiger partial charge is 0.267 e. The molecule has 0 fully saturated rings. The largest absolute Gasteiger partial charge is 0.387 e. The van der Waals surface area contributed by atoms with E-state index in [0.717, 1.165) is 3.97 Å². The summed E-state index contributed by atoms with van der Waals surface area (Å²) in [6, 6.07) is 9.35. The molecule has 6 heteroatoms. The van der Waals surface area contributed by atoms with E-state index in [2.05, 4.69) is 0 Å². The topological polar surface area (TPSA) is 76.4 Å². The van der Waals surface area contributed by atoms with Crippen LogP contribution in [0.2, 0.25) is 0 Å². The van der Waals surface area contributed by atoms with Crippen LogP contribution in [0.4, 0.5) is 0 Å². The molecule has 1 atom stereocenters. The highest BCUT2D eigenvalue weighted by Crippen LogP contribution is 2.25. The maximum Gasteiger partial charge on any atom is 0.267 e. The van der Waals surface area contributed by atoms with Crippen molar-refractivity contribution in [2.24, 2.45) is 0 Å². The van der Waals surface area contributed by atoms with Crippen molar-refractivity contribution in [3.05, 3.63) is 53.9 Å². The number of rotatable bonds is 5. The van der Waals surface area contributed by atoms with Gasteiger partial charge in [0.15, 0.2) is 5.78 Å². The molecule has 21 heavy (non-hydrogen) atoms. The summed E-state index contributed by atoms with van der Waals surface area (Å²) in [6.45, 7) is 3.13. The molecule has 5 nitrogen and oxygen atoms in total. The van der Waals surface area contributed by atoms with Gasteiger partial charge in [-0.05, 0) is 25.1 Å². The van der Waals surface area contributed by atoms with Gasteiger partial charge in [-0.25, -0.2) is 12.4 Å². The van der Waals surface area contributed by atoms with E-state index in [4.69, 9.17) is 0 Å². The molecule has 1 aromatic heterocycles. The number of nitrogens with zero attached hydrogens (tertiary/aromatic N) is 1. The van der Waals surface area contributed by atoms with Crippen LogP contribution in [0.1, 0.15) is 42.4 Å². The van der Waals surface area contributed by atoms with Crippen molar-refractivity contribution in [2.75, 3.05) is 0 Å². The van der Waals surface area contributed by atoms with Crippen LogP contribution in [-0.4, -0.2) is 23.3 Å². The summed E-state index contributed by atoms with van der Waals surface area (Å²) in [4.78, 5) is 12.0. The van der Waals surface area contributed by atoms with E-state index in [1.807, 2.05) is 0 Å². The molecule has 0 amide bonds. The van der Waals surface area contributed by atoms with Gasteiger partial charge in [-0.1, -0.05) is 25.1 Å². The Kier molecular flexibility index (Phi) is 4.29. The Morgan fingerprint density at radius 1 is 1.24 bits per heavy atom. The third kappa shape index (κ3) is 2.77. The molecule has 0 aliphatic rings. The first-order valence-electron chi connectivity index (χ1n) is 6.62. The predicted octanol–water partition coefficient (Wildman–Crippen LogP) is 2.37. The average molecular weight is 307 g/mol. The lowest BCUT2D eigenvalue weighted by Crippen LogP contribution is -2.18. The van der Waals surface area contributed by atoms with Gasteiger partial charge in [0.25, 0.3) is 10.0 Å². The van der Waals surface area contributed by atoms with Gasteiger partial charge in [-0.3, -0.25) is 4.79 Å². The highest BCUT2D eigenvalue weighted by Gasteiger charge is 2.26. The number of carbonyl (C=O) groups excluding carboxylic acids is 1. The molecule has 1 heterocycles. The second kappa shape index (κ2) is 5.83. The molecule has 0 saturated heterocycles. The molecule has 0 aliphatic carbocycles. The maximum atomic E-state index is 12.6. The monoisotopic (exact) mass is 307 g/mol. The number of hydrogen-bond acceptors (Lipinski definition) is 4. The van der Waals surface area contributed by atoms with Crippen LogP contribution in [0.25, 0.3) is 0 Å². The highest BCUT2D eigenvalue weighted by molar-refractivity contribution is 7.90. The Bertz CT molecular complexity index is 745. The van der Waals surface area contributed by atoms with E-state index in [9.17, 15) is 18.3 Å². The number of Topliss-reactive ketones (excluding diaryl/α,β-unsaturated/α-hetero) is 1. The van der Waals surface area contributed by atoms with Crippen molar-refractivity contribution in [1.82, 2.24) is 3.97 Å². The SMILES string of the molecule is CCC(=O)c1ccn(S(=O)(=O)c2ccccc2)c1C(C)O. The second-order valence-electron chi connectivity index (χ2n) is 4.68. The number of ketones is 1. The molecule has 0 saturated carbocycles. The molecule has 1 N–H and O–H groups in total. The number of aliphatic hydroxyl groups excluding tert-OH is 1. The Labute approximate surface area is 123 Å². The summed E-state index contributed by atoms with van der Waals surface area (Å²) in [5, 5.41) is 9.89. The van der Waals surface area contributed by atoms with Crippen molar-refractivity contribution in [3.63, 3.8) is 0 Å². The zero-order valence-electron chi connectivity index (χ0n) is 11.9. The van der Waals surface area contributed by atoms with Crippen LogP contribution in [0, 0.1) is 0 Å². The van der Waals surface area contributed by atoms with Crippen LogP contribution in [0.5, 0.6) is 0 Å². The van der Waals surface area contributed by atoms with Crippen molar-refractivity contribution >= 4 is 15.8 Å². The van der Waals surface area contributed by atoms with E-state index in [1.165, 1.54) is 31.3 Å². The fourth-order valence-corrected chi connectivity index (χ4v) is 3.64. The van der Waals surface area contributed by atoms with E-state index in [1.54, 1.807) is 25.1 Å². The Morgan fingerprint density at radius 2 is 1.86 bits per heavy atom. The zero-order valence-corrected chi connectivity index (χ0v) is 12.7. The Morgan fingerprint density at radius 3 is 2.38 bits per heavy atom. The molecule has 1 aromatic carbocycles.